The van der Waals surface area contributed by atoms with Gasteiger partial charge in [-0.3, -0.25) is 0 Å². The predicted octanol–water partition coefficient (Wildman–Crippen LogP) is 4.44. The number of aromatic hydroxyl groups is 12. The fraction of sp³-hybridized carbons (Fsp3) is 0.200. The monoisotopic (exact) mass is 866 g/mol. The van der Waals surface area contributed by atoms with Crippen LogP contribution in [0.3, 0.4) is 0 Å². The topological polar surface area (TPSA) is 331 Å². The number of phenols is 12. The summed E-state index contributed by atoms with van der Waals surface area (Å²) < 4.78 is 18.5. The van der Waals surface area contributed by atoms with Gasteiger partial charge in [-0.15, -0.1) is 0 Å². The van der Waals surface area contributed by atoms with Crippen LogP contribution in [0.2, 0.25) is 0 Å². The van der Waals surface area contributed by atoms with Crippen molar-refractivity contribution in [3.8, 4) is 86.2 Å². The first-order chi connectivity index (χ1) is 29.9. The molecule has 0 fully saturated rings. The van der Waals surface area contributed by atoms with Crippen molar-refractivity contribution in [3.05, 3.63) is 123 Å². The van der Waals surface area contributed by atoms with E-state index >= 15 is 0 Å². The number of phenolic OH excluding ortho intramolecular Hbond substituents is 12. The first-order valence-corrected chi connectivity index (χ1v) is 19.3. The highest BCUT2D eigenvalue weighted by molar-refractivity contribution is 5.70. The van der Waals surface area contributed by atoms with Gasteiger partial charge in [-0.25, -0.2) is 0 Å². The van der Waals surface area contributed by atoms with Crippen LogP contribution in [-0.4, -0.2) is 94.9 Å². The molecule has 0 amide bonds. The highest BCUT2D eigenvalue weighted by Gasteiger charge is 2.50. The van der Waals surface area contributed by atoms with Gasteiger partial charge in [0.2, 0.25) is 0 Å². The molecule has 6 aromatic rings. The lowest BCUT2D eigenvalue weighted by atomic mass is 9.73. The Labute approximate surface area is 354 Å². The van der Waals surface area contributed by atoms with E-state index in [1.54, 1.807) is 0 Å². The molecule has 326 valence electrons. The number of hydrogen-bond donors (Lipinski definition) is 15. The van der Waals surface area contributed by atoms with E-state index in [4.69, 9.17) is 14.2 Å². The fourth-order valence-electron chi connectivity index (χ4n) is 8.93. The molecule has 9 rings (SSSR count). The summed E-state index contributed by atoms with van der Waals surface area (Å²) in [4.78, 5) is 0. The van der Waals surface area contributed by atoms with Crippen LogP contribution in [0.5, 0.6) is 86.2 Å². The van der Waals surface area contributed by atoms with Gasteiger partial charge in [0.25, 0.3) is 0 Å². The van der Waals surface area contributed by atoms with Crippen LogP contribution in [0.15, 0.2) is 78.9 Å². The van der Waals surface area contributed by atoms with Crippen molar-refractivity contribution >= 4 is 0 Å². The summed E-state index contributed by atoms with van der Waals surface area (Å²) in [5, 5.41) is 166. The Kier molecular flexibility index (Phi) is 9.46. The summed E-state index contributed by atoms with van der Waals surface area (Å²) in [7, 11) is 0. The molecule has 0 aliphatic carbocycles. The van der Waals surface area contributed by atoms with Gasteiger partial charge < -0.3 is 90.8 Å². The number of ether oxygens (including phenoxy) is 3. The third-order valence-corrected chi connectivity index (χ3v) is 11.8. The van der Waals surface area contributed by atoms with Crippen LogP contribution >= 0.6 is 0 Å². The number of aliphatic hydroxyl groups excluding tert-OH is 3. The van der Waals surface area contributed by atoms with Crippen LogP contribution in [0.25, 0.3) is 0 Å². The van der Waals surface area contributed by atoms with Crippen molar-refractivity contribution in [2.24, 2.45) is 0 Å². The molecule has 0 unspecified atom stereocenters. The standard InChI is InChI=1S/C45H38O18/c46-18-10-26(53)33-32(11-18)62-43(16-2-5-21(48)24(51)8-16)40(59)37(33)35-27(54)13-28(55)36-38(41(60)44(63-45(35)36)17-3-6-22(49)25(52)9-17)34-29(56)14-31-19(39(34)58)12-30(57)42(61-31)15-1-4-20(47)23(50)7-15/h1-11,13-14,30,37-38,40-44,46-60H,12H2/t30-,37-,38-,40-,41+,42+,43+,44+/m0/s1. The van der Waals surface area contributed by atoms with Crippen molar-refractivity contribution in [1.82, 2.24) is 0 Å². The Morgan fingerprint density at radius 1 is 0.381 bits per heavy atom. The molecule has 0 bridgehead atoms. The quantitative estimate of drug-likeness (QED) is 0.106. The number of benzene rings is 6. The molecule has 63 heavy (non-hydrogen) atoms. The van der Waals surface area contributed by atoms with E-state index in [2.05, 4.69) is 0 Å². The summed E-state index contributed by atoms with van der Waals surface area (Å²) in [5.74, 6) is -11.5. The molecule has 0 saturated carbocycles. The minimum atomic E-state index is -1.91. The van der Waals surface area contributed by atoms with Crippen LogP contribution in [-0.2, 0) is 6.42 Å². The summed E-state index contributed by atoms with van der Waals surface area (Å²) in [6.07, 6.45) is -9.76. The zero-order valence-electron chi connectivity index (χ0n) is 32.3. The van der Waals surface area contributed by atoms with Gasteiger partial charge >= 0.3 is 0 Å². The molecule has 8 atom stereocenters. The second-order valence-corrected chi connectivity index (χ2v) is 15.7. The van der Waals surface area contributed by atoms with E-state index in [-0.39, 0.29) is 56.9 Å². The normalized spacial score (nSPS) is 23.6. The molecule has 18 heteroatoms. The molecule has 6 aromatic carbocycles. The molecule has 0 radical (unpaired) electrons. The van der Waals surface area contributed by atoms with Crippen molar-refractivity contribution in [2.45, 2.75) is 54.9 Å². The summed E-state index contributed by atoms with van der Waals surface area (Å²) in [6, 6.07) is 14.6. The van der Waals surface area contributed by atoms with Gasteiger partial charge in [-0.05, 0) is 53.1 Å². The minimum Gasteiger partial charge on any atom is -0.508 e. The van der Waals surface area contributed by atoms with Gasteiger partial charge in [0.15, 0.2) is 46.7 Å². The third kappa shape index (κ3) is 6.46. The van der Waals surface area contributed by atoms with Crippen molar-refractivity contribution in [3.63, 3.8) is 0 Å². The van der Waals surface area contributed by atoms with Gasteiger partial charge in [-0.1, -0.05) is 18.2 Å². The average molecular weight is 867 g/mol. The third-order valence-electron chi connectivity index (χ3n) is 11.8. The average Bonchev–Trinajstić information content (AvgIpc) is 3.22. The number of fused-ring (bicyclic) bond motifs is 3. The molecular weight excluding hydrogens is 828 g/mol. The second kappa shape index (κ2) is 14.7. The maximum atomic E-state index is 12.3. The van der Waals surface area contributed by atoms with E-state index in [1.165, 1.54) is 30.3 Å². The second-order valence-electron chi connectivity index (χ2n) is 15.7. The zero-order chi connectivity index (χ0) is 44.9. The lowest BCUT2D eigenvalue weighted by molar-refractivity contribution is -0.00377. The number of aliphatic hydroxyl groups is 3. The molecule has 3 aliphatic rings. The molecule has 3 heterocycles. The SMILES string of the molecule is Oc1cc(O)c2c(c1)O[C@H](c1ccc(O)c(O)c1)[C@@H](O)[C@@H]2c1c(O)cc(O)c2c1O[C@H](c1ccc(O)c(O)c1)[C@H](O)[C@H]2c1c(O)cc2c(c1O)C[C@H](O)[C@@H](c1ccc(O)c(O)c1)O2. The molecule has 3 aliphatic heterocycles. The van der Waals surface area contributed by atoms with E-state index in [0.29, 0.717) is 0 Å². The maximum Gasteiger partial charge on any atom is 0.157 e. The van der Waals surface area contributed by atoms with Gasteiger partial charge in [-0.2, -0.15) is 0 Å². The smallest absolute Gasteiger partial charge is 0.157 e. The van der Waals surface area contributed by atoms with Crippen LogP contribution in [0.4, 0.5) is 0 Å². The van der Waals surface area contributed by atoms with Gasteiger partial charge in [0.05, 0.1) is 17.9 Å². The van der Waals surface area contributed by atoms with E-state index < -0.39 is 129 Å². The van der Waals surface area contributed by atoms with E-state index in [1.807, 2.05) is 0 Å². The van der Waals surface area contributed by atoms with Crippen LogP contribution < -0.4 is 14.2 Å². The Morgan fingerprint density at radius 3 is 1.35 bits per heavy atom. The highest BCUT2D eigenvalue weighted by atomic mass is 16.5. The predicted molar refractivity (Wildman–Crippen MR) is 214 cm³/mol. The van der Waals surface area contributed by atoms with E-state index in [0.717, 1.165) is 48.5 Å². The van der Waals surface area contributed by atoms with Crippen molar-refractivity contribution < 1.29 is 90.8 Å². The first-order valence-electron chi connectivity index (χ1n) is 19.3. The van der Waals surface area contributed by atoms with Crippen LogP contribution in [0.1, 0.15) is 74.7 Å². The lowest BCUT2D eigenvalue weighted by Gasteiger charge is -2.42. The van der Waals surface area contributed by atoms with Crippen molar-refractivity contribution in [2.75, 3.05) is 0 Å². The zero-order valence-corrected chi connectivity index (χ0v) is 32.3. The maximum absolute atomic E-state index is 12.3. The lowest BCUT2D eigenvalue weighted by Crippen LogP contribution is -2.38. The Hall–Kier alpha value is -7.80. The number of hydrogen-bond acceptors (Lipinski definition) is 18. The molecule has 0 aromatic heterocycles. The minimum absolute atomic E-state index is 0.0175. The fourth-order valence-corrected chi connectivity index (χ4v) is 8.93. The molecular formula is C45H38O18. The van der Waals surface area contributed by atoms with Gasteiger partial charge in [0, 0.05) is 58.5 Å². The number of rotatable bonds is 5. The molecule has 18 nitrogen and oxygen atoms in total. The van der Waals surface area contributed by atoms with E-state index in [9.17, 15) is 76.6 Å². The largest absolute Gasteiger partial charge is 0.508 e. The Morgan fingerprint density at radius 2 is 0.825 bits per heavy atom. The molecule has 15 N–H and O–H groups in total. The summed E-state index contributed by atoms with van der Waals surface area (Å²) in [5.41, 5.74) is -1.17. The van der Waals surface area contributed by atoms with Crippen LogP contribution in [0, 0.1) is 0 Å². The Bertz CT molecular complexity index is 2840. The molecule has 0 spiro atoms. The summed E-state index contributed by atoms with van der Waals surface area (Å²) in [6.45, 7) is 0. The highest BCUT2D eigenvalue weighted by Crippen LogP contribution is 2.62. The Balaban J connectivity index is 1.26. The first kappa shape index (κ1) is 40.6. The van der Waals surface area contributed by atoms with Gasteiger partial charge in [0.1, 0.15) is 70.1 Å². The summed E-state index contributed by atoms with van der Waals surface area (Å²) >= 11 is 0. The molecule has 0 saturated heterocycles. The van der Waals surface area contributed by atoms with Crippen molar-refractivity contribution in [1.29, 1.82) is 0 Å².